The highest BCUT2D eigenvalue weighted by molar-refractivity contribution is 5.74. The monoisotopic (exact) mass is 325 g/mol. The number of hydrogen-bond acceptors (Lipinski definition) is 3. The van der Waals surface area contributed by atoms with E-state index in [-0.39, 0.29) is 17.7 Å². The van der Waals surface area contributed by atoms with E-state index in [1.807, 2.05) is 57.2 Å². The summed E-state index contributed by atoms with van der Waals surface area (Å²) < 4.78 is 5.99. The number of para-hydroxylation sites is 1. The van der Waals surface area contributed by atoms with E-state index in [9.17, 15) is 4.79 Å². The average Bonchev–Trinajstić information content (AvgIpc) is 2.53. The van der Waals surface area contributed by atoms with Gasteiger partial charge in [-0.05, 0) is 38.5 Å². The largest absolute Gasteiger partial charge is 0.487 e. The third-order valence-corrected chi connectivity index (χ3v) is 4.22. The highest BCUT2D eigenvalue weighted by Crippen LogP contribution is 2.39. The Morgan fingerprint density at radius 2 is 2.08 bits per heavy atom. The van der Waals surface area contributed by atoms with Gasteiger partial charge in [-0.15, -0.1) is 0 Å². The molecule has 2 aromatic rings. The van der Waals surface area contributed by atoms with E-state index in [1.54, 1.807) is 6.20 Å². The van der Waals surface area contributed by atoms with Crippen molar-refractivity contribution in [3.63, 3.8) is 0 Å². The van der Waals surface area contributed by atoms with Crippen LogP contribution in [0.2, 0.25) is 0 Å². The molecule has 0 saturated carbocycles. The van der Waals surface area contributed by atoms with Gasteiger partial charge in [0.2, 0.25) is 0 Å². The molecule has 0 aliphatic carbocycles. The third kappa shape index (κ3) is 3.67. The van der Waals surface area contributed by atoms with Gasteiger partial charge in [0.1, 0.15) is 11.4 Å². The molecule has 126 valence electrons. The van der Waals surface area contributed by atoms with Crippen LogP contribution in [0.1, 0.15) is 43.1 Å². The molecule has 3 rings (SSSR count). The first-order valence-electron chi connectivity index (χ1n) is 8.17. The number of nitrogens with zero attached hydrogens (tertiary/aromatic N) is 1. The second-order valence-corrected chi connectivity index (χ2v) is 6.75. The van der Waals surface area contributed by atoms with Crippen LogP contribution in [0.15, 0.2) is 42.6 Å². The van der Waals surface area contributed by atoms with Gasteiger partial charge in [0.15, 0.2) is 0 Å². The van der Waals surface area contributed by atoms with Crippen LogP contribution in [0.4, 0.5) is 4.79 Å². The topological polar surface area (TPSA) is 63.2 Å². The Hall–Kier alpha value is -2.56. The van der Waals surface area contributed by atoms with Crippen LogP contribution in [0.25, 0.3) is 0 Å². The number of aromatic nitrogens is 1. The first-order chi connectivity index (χ1) is 11.4. The maximum absolute atomic E-state index is 12.3. The average molecular weight is 325 g/mol. The number of benzene rings is 1. The van der Waals surface area contributed by atoms with E-state index in [0.29, 0.717) is 6.54 Å². The molecular formula is C19H23N3O2. The number of hydrogen-bond donors (Lipinski definition) is 2. The van der Waals surface area contributed by atoms with Crippen LogP contribution in [0.3, 0.4) is 0 Å². The lowest BCUT2D eigenvalue weighted by molar-refractivity contribution is 0.0679. The van der Waals surface area contributed by atoms with Crippen molar-refractivity contribution in [2.75, 3.05) is 0 Å². The zero-order chi connectivity index (χ0) is 17.2. The zero-order valence-electron chi connectivity index (χ0n) is 14.3. The van der Waals surface area contributed by atoms with E-state index in [1.165, 1.54) is 0 Å². The van der Waals surface area contributed by atoms with Gasteiger partial charge in [-0.2, -0.15) is 0 Å². The Bertz CT molecular complexity index is 743. The third-order valence-electron chi connectivity index (χ3n) is 4.22. The standard InChI is InChI=1S/C19H23N3O2/c1-13-7-6-10-20-16(13)12-21-18(23)22-15-11-19(2,3)24-17-9-5-4-8-14(15)17/h4-10,15H,11-12H2,1-3H3,(H2,21,22,23)/t15-/m1/s1. The van der Waals surface area contributed by atoms with Crippen molar-refractivity contribution < 1.29 is 9.53 Å². The minimum atomic E-state index is -0.316. The van der Waals surface area contributed by atoms with Crippen molar-refractivity contribution in [3.8, 4) is 5.75 Å². The molecule has 2 heterocycles. The van der Waals surface area contributed by atoms with Crippen molar-refractivity contribution in [2.45, 2.75) is 45.4 Å². The van der Waals surface area contributed by atoms with Gasteiger partial charge in [-0.25, -0.2) is 4.79 Å². The number of fused-ring (bicyclic) bond motifs is 1. The summed E-state index contributed by atoms with van der Waals surface area (Å²) in [7, 11) is 0. The molecule has 0 unspecified atom stereocenters. The van der Waals surface area contributed by atoms with Gasteiger partial charge in [-0.1, -0.05) is 24.3 Å². The number of rotatable bonds is 3. The summed E-state index contributed by atoms with van der Waals surface area (Å²) in [6.07, 6.45) is 2.46. The zero-order valence-corrected chi connectivity index (χ0v) is 14.3. The molecule has 1 aliphatic rings. The van der Waals surface area contributed by atoms with Crippen LogP contribution in [0, 0.1) is 6.92 Å². The maximum Gasteiger partial charge on any atom is 0.315 e. The normalized spacial score (nSPS) is 18.2. The molecule has 1 atom stereocenters. The minimum absolute atomic E-state index is 0.0743. The van der Waals surface area contributed by atoms with E-state index in [0.717, 1.165) is 29.0 Å². The number of amides is 2. The van der Waals surface area contributed by atoms with Gasteiger partial charge in [0.25, 0.3) is 0 Å². The highest BCUT2D eigenvalue weighted by Gasteiger charge is 2.34. The molecule has 1 aromatic heterocycles. The highest BCUT2D eigenvalue weighted by atomic mass is 16.5. The van der Waals surface area contributed by atoms with E-state index in [2.05, 4.69) is 15.6 Å². The van der Waals surface area contributed by atoms with Gasteiger partial charge < -0.3 is 15.4 Å². The molecular weight excluding hydrogens is 302 g/mol. The Morgan fingerprint density at radius 3 is 2.88 bits per heavy atom. The number of nitrogens with one attached hydrogen (secondary N) is 2. The van der Waals surface area contributed by atoms with Gasteiger partial charge in [-0.3, -0.25) is 4.98 Å². The molecule has 0 bridgehead atoms. The number of aryl methyl sites for hydroxylation is 1. The Labute approximate surface area is 142 Å². The van der Waals surface area contributed by atoms with Crippen molar-refractivity contribution in [1.82, 2.24) is 15.6 Å². The summed E-state index contributed by atoms with van der Waals surface area (Å²) in [6.45, 7) is 6.46. The molecule has 1 aromatic carbocycles. The summed E-state index contributed by atoms with van der Waals surface area (Å²) in [6, 6.07) is 11.5. The molecule has 0 radical (unpaired) electrons. The van der Waals surface area contributed by atoms with Crippen molar-refractivity contribution in [2.24, 2.45) is 0 Å². The Kier molecular flexibility index (Phi) is 4.42. The fourth-order valence-electron chi connectivity index (χ4n) is 3.01. The molecule has 0 spiro atoms. The summed E-state index contributed by atoms with van der Waals surface area (Å²) in [5, 5.41) is 5.95. The smallest absolute Gasteiger partial charge is 0.315 e. The molecule has 24 heavy (non-hydrogen) atoms. The van der Waals surface area contributed by atoms with Crippen LogP contribution in [-0.2, 0) is 6.54 Å². The van der Waals surface area contributed by atoms with Crippen molar-refractivity contribution in [3.05, 3.63) is 59.4 Å². The molecule has 5 heteroatoms. The summed E-state index contributed by atoms with van der Waals surface area (Å²) in [5.74, 6) is 0.833. The van der Waals surface area contributed by atoms with Crippen molar-refractivity contribution in [1.29, 1.82) is 0 Å². The number of ether oxygens (including phenoxy) is 1. The second kappa shape index (κ2) is 6.51. The molecule has 5 nitrogen and oxygen atoms in total. The van der Waals surface area contributed by atoms with E-state index < -0.39 is 0 Å². The van der Waals surface area contributed by atoms with E-state index >= 15 is 0 Å². The predicted octanol–water partition coefficient (Wildman–Crippen LogP) is 3.49. The lowest BCUT2D eigenvalue weighted by Gasteiger charge is -2.37. The molecule has 2 amide bonds. The van der Waals surface area contributed by atoms with E-state index in [4.69, 9.17) is 4.74 Å². The summed E-state index contributed by atoms with van der Waals surface area (Å²) >= 11 is 0. The predicted molar refractivity (Wildman–Crippen MR) is 92.9 cm³/mol. The van der Waals surface area contributed by atoms with Gasteiger partial charge in [0.05, 0.1) is 18.3 Å². The lowest BCUT2D eigenvalue weighted by Crippen LogP contribution is -2.44. The molecule has 1 aliphatic heterocycles. The minimum Gasteiger partial charge on any atom is -0.487 e. The van der Waals surface area contributed by atoms with Gasteiger partial charge in [0, 0.05) is 18.2 Å². The first kappa shape index (κ1) is 16.3. The SMILES string of the molecule is Cc1cccnc1CNC(=O)N[C@@H]1CC(C)(C)Oc2ccccc21. The Balaban J connectivity index is 1.67. The van der Waals surface area contributed by atoms with Crippen molar-refractivity contribution >= 4 is 6.03 Å². The van der Waals surface area contributed by atoms with Crippen LogP contribution >= 0.6 is 0 Å². The lowest BCUT2D eigenvalue weighted by atomic mass is 9.90. The van der Waals surface area contributed by atoms with Gasteiger partial charge >= 0.3 is 6.03 Å². The number of carbonyl (C=O) groups excluding carboxylic acids is 1. The fraction of sp³-hybridized carbons (Fsp3) is 0.368. The van der Waals surface area contributed by atoms with Crippen LogP contribution < -0.4 is 15.4 Å². The summed E-state index contributed by atoms with van der Waals surface area (Å²) in [5.41, 5.74) is 2.64. The molecule has 0 saturated heterocycles. The van der Waals surface area contributed by atoms with Crippen LogP contribution in [-0.4, -0.2) is 16.6 Å². The number of urea groups is 1. The fourth-order valence-corrected chi connectivity index (χ4v) is 3.01. The maximum atomic E-state index is 12.3. The second-order valence-electron chi connectivity index (χ2n) is 6.75. The number of pyridine rings is 1. The van der Waals surface area contributed by atoms with Crippen LogP contribution in [0.5, 0.6) is 5.75 Å². The summed E-state index contributed by atoms with van der Waals surface area (Å²) in [4.78, 5) is 16.6. The quantitative estimate of drug-likeness (QED) is 0.908. The number of carbonyl (C=O) groups is 1. The first-order valence-corrected chi connectivity index (χ1v) is 8.17. The molecule has 0 fully saturated rings. The molecule has 2 N–H and O–H groups in total. The Morgan fingerprint density at radius 1 is 1.29 bits per heavy atom.